The Morgan fingerprint density at radius 1 is 1.04 bits per heavy atom. The molecule has 7 nitrogen and oxygen atoms in total. The van der Waals surface area contributed by atoms with E-state index in [2.05, 4.69) is 36.2 Å². The molecule has 24 heavy (non-hydrogen) atoms. The molecule has 1 aromatic carbocycles. The van der Waals surface area contributed by atoms with Crippen molar-refractivity contribution in [2.24, 2.45) is 0 Å². The van der Waals surface area contributed by atoms with Crippen molar-refractivity contribution in [1.29, 1.82) is 0 Å². The Labute approximate surface area is 147 Å². The van der Waals surface area contributed by atoms with Gasteiger partial charge in [0.2, 0.25) is 5.88 Å². The first-order valence-corrected chi connectivity index (χ1v) is 7.76. The highest BCUT2D eigenvalue weighted by molar-refractivity contribution is 9.10. The fourth-order valence-electron chi connectivity index (χ4n) is 1.94. The average Bonchev–Trinajstić information content (AvgIpc) is 2.61. The highest BCUT2D eigenvalue weighted by Crippen LogP contribution is 2.34. The fourth-order valence-corrected chi connectivity index (χ4v) is 2.17. The van der Waals surface area contributed by atoms with Crippen LogP contribution in [0.3, 0.4) is 0 Å². The number of nitrogens with two attached hydrogens (primary N) is 1. The summed E-state index contributed by atoms with van der Waals surface area (Å²) in [6.45, 7) is 0. The maximum Gasteiger partial charge on any atom is 0.248 e. The summed E-state index contributed by atoms with van der Waals surface area (Å²) in [5.74, 6) is 2.34. The van der Waals surface area contributed by atoms with E-state index in [0.717, 1.165) is 4.47 Å². The molecule has 0 amide bonds. The molecule has 0 radical (unpaired) electrons. The number of aromatic nitrogens is 3. The third-order valence-electron chi connectivity index (χ3n) is 3.10. The number of pyridine rings is 1. The van der Waals surface area contributed by atoms with Gasteiger partial charge in [0.05, 0.1) is 7.11 Å². The van der Waals surface area contributed by atoms with E-state index in [9.17, 15) is 0 Å². The number of hydrogen-bond donors (Lipinski definition) is 2. The Morgan fingerprint density at radius 3 is 2.54 bits per heavy atom. The van der Waals surface area contributed by atoms with Crippen molar-refractivity contribution in [2.75, 3.05) is 18.2 Å². The van der Waals surface area contributed by atoms with Crippen LogP contribution in [0.25, 0.3) is 0 Å². The Balaban J connectivity index is 1.86. The normalized spacial score (nSPS) is 10.2. The molecule has 0 fully saturated rings. The van der Waals surface area contributed by atoms with Crippen LogP contribution in [-0.2, 0) is 0 Å². The third-order valence-corrected chi connectivity index (χ3v) is 3.57. The third kappa shape index (κ3) is 3.54. The lowest BCUT2D eigenvalue weighted by Gasteiger charge is -2.13. The van der Waals surface area contributed by atoms with Crippen LogP contribution >= 0.6 is 15.9 Å². The molecule has 3 aromatic rings. The van der Waals surface area contributed by atoms with Crippen LogP contribution in [0.1, 0.15) is 0 Å². The Bertz CT molecular complexity index is 842. The monoisotopic (exact) mass is 387 g/mol. The van der Waals surface area contributed by atoms with Crippen LogP contribution in [-0.4, -0.2) is 22.1 Å². The molecule has 2 aromatic heterocycles. The first-order chi connectivity index (χ1) is 11.7. The summed E-state index contributed by atoms with van der Waals surface area (Å²) in [6, 6.07) is 10.9. The SMILES string of the molecule is COc1ccccc1Oc1ncnc(Nc2ccc(Br)cn2)c1N. The fraction of sp³-hybridized carbons (Fsp3) is 0.0625. The van der Waals surface area contributed by atoms with Gasteiger partial charge >= 0.3 is 0 Å². The van der Waals surface area contributed by atoms with Gasteiger partial charge < -0.3 is 20.5 Å². The van der Waals surface area contributed by atoms with Crippen molar-refractivity contribution in [3.63, 3.8) is 0 Å². The topological polar surface area (TPSA) is 95.2 Å². The molecular weight excluding hydrogens is 374 g/mol. The average molecular weight is 388 g/mol. The zero-order chi connectivity index (χ0) is 16.9. The van der Waals surface area contributed by atoms with Crippen molar-refractivity contribution in [3.05, 3.63) is 53.4 Å². The predicted molar refractivity (Wildman–Crippen MR) is 94.7 cm³/mol. The molecule has 0 atom stereocenters. The quantitative estimate of drug-likeness (QED) is 0.687. The van der Waals surface area contributed by atoms with Crippen LogP contribution in [0, 0.1) is 0 Å². The molecule has 3 rings (SSSR count). The number of nitrogens with zero attached hydrogens (tertiary/aromatic N) is 3. The van der Waals surface area contributed by atoms with Crippen molar-refractivity contribution < 1.29 is 9.47 Å². The zero-order valence-electron chi connectivity index (χ0n) is 12.7. The minimum absolute atomic E-state index is 0.231. The van der Waals surface area contributed by atoms with Crippen LogP contribution in [0.5, 0.6) is 17.4 Å². The molecule has 0 aliphatic rings. The number of para-hydroxylation sites is 2. The second-order valence-electron chi connectivity index (χ2n) is 4.68. The van der Waals surface area contributed by atoms with Crippen molar-refractivity contribution in [3.8, 4) is 17.4 Å². The number of benzene rings is 1. The van der Waals surface area contributed by atoms with Crippen molar-refractivity contribution in [1.82, 2.24) is 15.0 Å². The summed E-state index contributed by atoms with van der Waals surface area (Å²) in [6.07, 6.45) is 3.04. The van der Waals surface area contributed by atoms with E-state index in [1.54, 1.807) is 31.5 Å². The summed E-state index contributed by atoms with van der Waals surface area (Å²) < 4.78 is 11.9. The molecule has 0 spiro atoms. The summed E-state index contributed by atoms with van der Waals surface area (Å²) in [4.78, 5) is 12.4. The Morgan fingerprint density at radius 2 is 1.83 bits per heavy atom. The van der Waals surface area contributed by atoms with Gasteiger partial charge in [0.25, 0.3) is 0 Å². The number of methoxy groups -OCH3 is 1. The molecule has 0 unspecified atom stereocenters. The predicted octanol–water partition coefficient (Wildman–Crippen LogP) is 3.76. The molecule has 0 bridgehead atoms. The van der Waals surface area contributed by atoms with Crippen LogP contribution in [0.4, 0.5) is 17.3 Å². The maximum atomic E-state index is 6.11. The first kappa shape index (κ1) is 16.0. The van der Waals surface area contributed by atoms with E-state index >= 15 is 0 Å². The van der Waals surface area contributed by atoms with Gasteiger partial charge in [-0.15, -0.1) is 0 Å². The Kier molecular flexibility index (Phi) is 4.76. The number of ether oxygens (including phenoxy) is 2. The van der Waals surface area contributed by atoms with Gasteiger partial charge in [0.1, 0.15) is 17.8 Å². The summed E-state index contributed by atoms with van der Waals surface area (Å²) in [7, 11) is 1.57. The lowest BCUT2D eigenvalue weighted by Crippen LogP contribution is -2.04. The Hall–Kier alpha value is -2.87. The largest absolute Gasteiger partial charge is 0.493 e. The van der Waals surface area contributed by atoms with E-state index in [0.29, 0.717) is 23.1 Å². The standard InChI is InChI=1S/C16H14BrN5O2/c1-23-11-4-2-3-5-12(11)24-16-14(18)15(20-9-21-16)22-13-7-6-10(17)8-19-13/h2-9H,18H2,1H3,(H,19,20,21,22). The van der Waals surface area contributed by atoms with Crippen LogP contribution in [0.2, 0.25) is 0 Å². The van der Waals surface area contributed by atoms with Gasteiger partial charge in [-0.2, -0.15) is 4.98 Å². The van der Waals surface area contributed by atoms with E-state index in [1.165, 1.54) is 6.33 Å². The zero-order valence-corrected chi connectivity index (χ0v) is 14.3. The van der Waals surface area contributed by atoms with E-state index in [1.807, 2.05) is 18.2 Å². The van der Waals surface area contributed by atoms with E-state index in [4.69, 9.17) is 15.2 Å². The van der Waals surface area contributed by atoms with Gasteiger partial charge in [0.15, 0.2) is 17.3 Å². The number of halogens is 1. The molecule has 2 heterocycles. The lowest BCUT2D eigenvalue weighted by atomic mass is 10.3. The highest BCUT2D eigenvalue weighted by atomic mass is 79.9. The van der Waals surface area contributed by atoms with Gasteiger partial charge in [-0.3, -0.25) is 0 Å². The number of hydrogen-bond acceptors (Lipinski definition) is 7. The van der Waals surface area contributed by atoms with Crippen molar-refractivity contribution >= 4 is 33.3 Å². The molecule has 8 heteroatoms. The van der Waals surface area contributed by atoms with E-state index < -0.39 is 0 Å². The second-order valence-corrected chi connectivity index (χ2v) is 5.60. The molecule has 122 valence electrons. The van der Waals surface area contributed by atoms with Gasteiger partial charge in [-0.05, 0) is 40.2 Å². The molecule has 0 aliphatic heterocycles. The smallest absolute Gasteiger partial charge is 0.248 e. The van der Waals surface area contributed by atoms with Gasteiger partial charge in [0, 0.05) is 10.7 Å². The maximum absolute atomic E-state index is 6.11. The first-order valence-electron chi connectivity index (χ1n) is 6.97. The summed E-state index contributed by atoms with van der Waals surface area (Å²) in [5, 5.41) is 3.03. The highest BCUT2D eigenvalue weighted by Gasteiger charge is 2.13. The molecule has 3 N–H and O–H groups in total. The number of nitrogen functional groups attached to an aromatic ring is 1. The van der Waals surface area contributed by atoms with Crippen molar-refractivity contribution in [2.45, 2.75) is 0 Å². The van der Waals surface area contributed by atoms with Crippen LogP contribution < -0.4 is 20.5 Å². The molecule has 0 saturated carbocycles. The summed E-state index contributed by atoms with van der Waals surface area (Å²) >= 11 is 3.34. The minimum atomic E-state index is 0.231. The van der Waals surface area contributed by atoms with Gasteiger partial charge in [-0.1, -0.05) is 12.1 Å². The number of nitrogens with one attached hydrogen (secondary N) is 1. The molecular formula is C16H14BrN5O2. The number of rotatable bonds is 5. The number of anilines is 3. The van der Waals surface area contributed by atoms with E-state index in [-0.39, 0.29) is 11.6 Å². The van der Waals surface area contributed by atoms with Gasteiger partial charge in [-0.25, -0.2) is 9.97 Å². The lowest BCUT2D eigenvalue weighted by molar-refractivity contribution is 0.374. The molecule has 0 aliphatic carbocycles. The second kappa shape index (κ2) is 7.14. The van der Waals surface area contributed by atoms with Crippen LogP contribution in [0.15, 0.2) is 53.4 Å². The minimum Gasteiger partial charge on any atom is -0.493 e. The summed E-state index contributed by atoms with van der Waals surface area (Å²) in [5.41, 5.74) is 6.38. The molecule has 0 saturated heterocycles.